The van der Waals surface area contributed by atoms with Gasteiger partial charge >= 0.3 is 0 Å². The number of ether oxygens (including phenoxy) is 1. The van der Waals surface area contributed by atoms with Crippen LogP contribution in [0.3, 0.4) is 0 Å². The van der Waals surface area contributed by atoms with E-state index in [0.29, 0.717) is 19.0 Å². The van der Waals surface area contributed by atoms with Gasteiger partial charge in [0.15, 0.2) is 0 Å². The molecule has 0 unspecified atom stereocenters. The van der Waals surface area contributed by atoms with Gasteiger partial charge in [0.05, 0.1) is 6.20 Å². The van der Waals surface area contributed by atoms with E-state index in [1.807, 2.05) is 18.2 Å². The minimum absolute atomic E-state index is 0.263. The molecular weight excluding hydrogens is 365 g/mol. The van der Waals surface area contributed by atoms with Crippen LogP contribution in [0.5, 0.6) is 5.88 Å². The monoisotopic (exact) mass is 387 g/mol. The van der Waals surface area contributed by atoms with E-state index in [4.69, 9.17) is 4.74 Å². The Morgan fingerprint density at radius 1 is 1.03 bits per heavy atom. The maximum Gasteiger partial charge on any atom is 0.258 e. The zero-order valence-electron chi connectivity index (χ0n) is 16.5. The van der Waals surface area contributed by atoms with E-state index in [0.717, 1.165) is 33.3 Å². The smallest absolute Gasteiger partial charge is 0.258 e. The Hall–Kier alpha value is -3.47. The van der Waals surface area contributed by atoms with Crippen LogP contribution in [-0.4, -0.2) is 14.8 Å². The van der Waals surface area contributed by atoms with Gasteiger partial charge in [-0.1, -0.05) is 54.6 Å². The highest BCUT2D eigenvalue weighted by molar-refractivity contribution is 5.88. The first-order valence-corrected chi connectivity index (χ1v) is 9.53. The molecule has 146 valence electrons. The van der Waals surface area contributed by atoms with Crippen molar-refractivity contribution < 1.29 is 9.13 Å². The van der Waals surface area contributed by atoms with E-state index in [2.05, 4.69) is 52.9 Å². The lowest BCUT2D eigenvalue weighted by Crippen LogP contribution is -2.03. The maximum atomic E-state index is 13.1. The first-order valence-electron chi connectivity index (χ1n) is 9.53. The van der Waals surface area contributed by atoms with Gasteiger partial charge in [-0.3, -0.25) is 0 Å². The summed E-state index contributed by atoms with van der Waals surface area (Å²) in [5, 5.41) is 9.37. The highest BCUT2D eigenvalue weighted by Crippen LogP contribution is 2.30. The van der Waals surface area contributed by atoms with Crippen LogP contribution in [0.15, 0.2) is 66.9 Å². The average molecular weight is 387 g/mol. The summed E-state index contributed by atoms with van der Waals surface area (Å²) in [6.07, 6.45) is 6.01. The third kappa shape index (κ3) is 4.04. The molecule has 4 nitrogen and oxygen atoms in total. The molecule has 0 aliphatic carbocycles. The summed E-state index contributed by atoms with van der Waals surface area (Å²) < 4.78 is 21.3. The summed E-state index contributed by atoms with van der Waals surface area (Å²) in [6, 6.07) is 16.5. The number of aryl methyl sites for hydroxylation is 1. The lowest BCUT2D eigenvalue weighted by molar-refractivity contribution is 0.293. The van der Waals surface area contributed by atoms with Crippen molar-refractivity contribution in [2.75, 3.05) is 0 Å². The van der Waals surface area contributed by atoms with Crippen molar-refractivity contribution in [2.45, 2.75) is 27.0 Å². The second kappa shape index (κ2) is 8.27. The van der Waals surface area contributed by atoms with Gasteiger partial charge in [0.25, 0.3) is 5.88 Å². The van der Waals surface area contributed by atoms with Crippen molar-refractivity contribution in [2.24, 2.45) is 0 Å². The van der Waals surface area contributed by atoms with E-state index in [1.165, 1.54) is 12.1 Å². The molecule has 0 saturated heterocycles. The Labute approximate surface area is 169 Å². The first kappa shape index (κ1) is 18.9. The zero-order valence-corrected chi connectivity index (χ0v) is 16.5. The third-order valence-electron chi connectivity index (χ3n) is 5.10. The number of benzene rings is 2. The fourth-order valence-corrected chi connectivity index (χ4v) is 3.38. The summed E-state index contributed by atoms with van der Waals surface area (Å²) >= 11 is 0. The van der Waals surface area contributed by atoms with Crippen LogP contribution in [0.4, 0.5) is 4.39 Å². The Bertz CT molecular complexity index is 1150. The van der Waals surface area contributed by atoms with Crippen LogP contribution in [0, 0.1) is 19.7 Å². The minimum Gasteiger partial charge on any atom is -0.470 e. The summed E-state index contributed by atoms with van der Waals surface area (Å²) in [5.41, 5.74) is 5.27. The molecule has 0 fully saturated rings. The van der Waals surface area contributed by atoms with E-state index in [9.17, 15) is 4.39 Å². The molecule has 0 N–H and O–H groups in total. The number of hydrogen-bond donors (Lipinski definition) is 0. The first-order chi connectivity index (χ1) is 14.1. The van der Waals surface area contributed by atoms with Crippen molar-refractivity contribution >= 4 is 17.0 Å². The van der Waals surface area contributed by atoms with Gasteiger partial charge in [-0.15, -0.1) is 5.10 Å². The molecular formula is C24H22FN3O. The zero-order chi connectivity index (χ0) is 20.2. The van der Waals surface area contributed by atoms with Gasteiger partial charge in [-0.05, 0) is 42.7 Å². The topological polar surface area (TPSA) is 39.9 Å². The molecule has 0 radical (unpaired) electrons. The lowest BCUT2D eigenvalue weighted by Gasteiger charge is -2.10. The summed E-state index contributed by atoms with van der Waals surface area (Å²) in [6.45, 7) is 5.18. The Morgan fingerprint density at radius 2 is 1.79 bits per heavy atom. The predicted molar refractivity (Wildman–Crippen MR) is 113 cm³/mol. The quantitative estimate of drug-likeness (QED) is 0.440. The molecule has 2 aromatic heterocycles. The standard InChI is InChI=1S/C24H22FN3O/c1-17-18(2)28(14-6-9-19-7-4-3-5-8-19)23-22(17)15-26-27-24(23)29-16-20-10-12-21(25)13-11-20/h3-13,15H,14,16H2,1-2H3. The number of hydrogen-bond acceptors (Lipinski definition) is 3. The van der Waals surface area contributed by atoms with Gasteiger partial charge in [-0.2, -0.15) is 5.10 Å². The van der Waals surface area contributed by atoms with E-state index < -0.39 is 0 Å². The van der Waals surface area contributed by atoms with Gasteiger partial charge in [0.1, 0.15) is 17.9 Å². The Balaban J connectivity index is 1.64. The molecule has 0 bridgehead atoms. The maximum absolute atomic E-state index is 13.1. The molecule has 0 aliphatic rings. The van der Waals surface area contributed by atoms with Crippen LogP contribution in [0.2, 0.25) is 0 Å². The summed E-state index contributed by atoms with van der Waals surface area (Å²) in [4.78, 5) is 0. The largest absolute Gasteiger partial charge is 0.470 e. The van der Waals surface area contributed by atoms with Gasteiger partial charge in [-0.25, -0.2) is 4.39 Å². The number of allylic oxidation sites excluding steroid dienone is 1. The van der Waals surface area contributed by atoms with Crippen LogP contribution in [0.1, 0.15) is 22.4 Å². The third-order valence-corrected chi connectivity index (χ3v) is 5.10. The van der Waals surface area contributed by atoms with E-state index in [1.54, 1.807) is 18.3 Å². The van der Waals surface area contributed by atoms with E-state index in [-0.39, 0.29) is 5.82 Å². The fraction of sp³-hybridized carbons (Fsp3) is 0.167. The molecule has 29 heavy (non-hydrogen) atoms. The van der Waals surface area contributed by atoms with Crippen molar-refractivity contribution in [3.05, 3.63) is 95.1 Å². The molecule has 0 aliphatic heterocycles. The summed E-state index contributed by atoms with van der Waals surface area (Å²) in [7, 11) is 0. The highest BCUT2D eigenvalue weighted by Gasteiger charge is 2.16. The SMILES string of the molecule is Cc1c(C)n(CC=Cc2ccccc2)c2c(OCc3ccc(F)cc3)nncc12. The van der Waals surface area contributed by atoms with Crippen molar-refractivity contribution in [3.63, 3.8) is 0 Å². The molecule has 2 heterocycles. The second-order valence-electron chi connectivity index (χ2n) is 6.96. The average Bonchev–Trinajstić information content (AvgIpc) is 2.99. The van der Waals surface area contributed by atoms with Crippen molar-refractivity contribution in [1.29, 1.82) is 0 Å². The van der Waals surface area contributed by atoms with Crippen LogP contribution < -0.4 is 4.74 Å². The molecule has 0 amide bonds. The molecule has 0 atom stereocenters. The van der Waals surface area contributed by atoms with Crippen LogP contribution in [-0.2, 0) is 13.2 Å². The number of fused-ring (bicyclic) bond motifs is 1. The van der Waals surface area contributed by atoms with Gasteiger partial charge < -0.3 is 9.30 Å². The number of nitrogens with zero attached hydrogens (tertiary/aromatic N) is 3. The number of rotatable bonds is 6. The van der Waals surface area contributed by atoms with Crippen molar-refractivity contribution in [3.8, 4) is 5.88 Å². The second-order valence-corrected chi connectivity index (χ2v) is 6.96. The fourth-order valence-electron chi connectivity index (χ4n) is 3.38. The van der Waals surface area contributed by atoms with E-state index >= 15 is 0 Å². The molecule has 5 heteroatoms. The van der Waals surface area contributed by atoms with Crippen LogP contribution >= 0.6 is 0 Å². The van der Waals surface area contributed by atoms with Gasteiger partial charge in [0.2, 0.25) is 0 Å². The number of halogens is 1. The molecule has 0 spiro atoms. The lowest BCUT2D eigenvalue weighted by atomic mass is 10.2. The molecule has 0 saturated carbocycles. The molecule has 4 aromatic rings. The van der Waals surface area contributed by atoms with Crippen molar-refractivity contribution in [1.82, 2.24) is 14.8 Å². The molecule has 2 aromatic carbocycles. The Kier molecular flexibility index (Phi) is 5.38. The van der Waals surface area contributed by atoms with Gasteiger partial charge in [0, 0.05) is 17.6 Å². The Morgan fingerprint density at radius 3 is 2.55 bits per heavy atom. The normalized spacial score (nSPS) is 11.4. The highest BCUT2D eigenvalue weighted by atomic mass is 19.1. The molecule has 4 rings (SSSR count). The minimum atomic E-state index is -0.263. The summed E-state index contributed by atoms with van der Waals surface area (Å²) in [5.74, 6) is 0.220. The van der Waals surface area contributed by atoms with Crippen LogP contribution in [0.25, 0.3) is 17.0 Å². The number of aromatic nitrogens is 3. The predicted octanol–water partition coefficient (Wildman–Crippen LogP) is 5.48.